The third-order valence-corrected chi connectivity index (χ3v) is 3.10. The fraction of sp³-hybridized carbons (Fsp3) is 0.400. The molecule has 0 aliphatic carbocycles. The van der Waals surface area contributed by atoms with E-state index in [1.54, 1.807) is 35.2 Å². The summed E-state index contributed by atoms with van der Waals surface area (Å²) >= 11 is 1.80. The van der Waals surface area contributed by atoms with Gasteiger partial charge in [-0.05, 0) is 49.4 Å². The Labute approximate surface area is 114 Å². The van der Waals surface area contributed by atoms with Crippen LogP contribution in [0.15, 0.2) is 34.6 Å². The number of aryl methyl sites for hydroxylation is 4. The van der Waals surface area contributed by atoms with Crippen LogP contribution in [0.25, 0.3) is 0 Å². The van der Waals surface area contributed by atoms with Gasteiger partial charge in [0.2, 0.25) is 0 Å². The minimum Gasteiger partial charge on any atom is -0.319 e. The molecular weight excluding hydrogens is 242 g/mol. The molecule has 2 heterocycles. The van der Waals surface area contributed by atoms with Crippen LogP contribution < -0.4 is 5.56 Å². The second-order valence-corrected chi connectivity index (χ2v) is 5.00. The third kappa shape index (κ3) is 6.40. The predicted octanol–water partition coefficient (Wildman–Crippen LogP) is 4.08. The maximum Gasteiger partial charge on any atom is 0.250 e. The summed E-state index contributed by atoms with van der Waals surface area (Å²) in [7, 11) is 1.74. The fourth-order valence-electron chi connectivity index (χ4n) is 1.22. The Morgan fingerprint density at radius 2 is 1.67 bits per heavy atom. The Morgan fingerprint density at radius 3 is 1.94 bits per heavy atom. The molecule has 0 radical (unpaired) electrons. The van der Waals surface area contributed by atoms with Gasteiger partial charge >= 0.3 is 0 Å². The minimum absolute atomic E-state index is 0.0509. The molecule has 100 valence electrons. The summed E-state index contributed by atoms with van der Waals surface area (Å²) in [5.41, 5.74) is 2.44. The van der Waals surface area contributed by atoms with Crippen molar-refractivity contribution in [2.24, 2.45) is 7.05 Å². The highest BCUT2D eigenvalue weighted by Gasteiger charge is 1.86. The predicted molar refractivity (Wildman–Crippen MR) is 81.6 cm³/mol. The van der Waals surface area contributed by atoms with E-state index in [1.165, 1.54) is 10.4 Å². The van der Waals surface area contributed by atoms with Crippen molar-refractivity contribution in [3.8, 4) is 0 Å². The van der Waals surface area contributed by atoms with Gasteiger partial charge < -0.3 is 4.57 Å². The number of aromatic nitrogens is 1. The summed E-state index contributed by atoms with van der Waals surface area (Å²) < 4.78 is 1.55. The van der Waals surface area contributed by atoms with Gasteiger partial charge in [0.05, 0.1) is 0 Å². The first-order valence-corrected chi connectivity index (χ1v) is 7.02. The van der Waals surface area contributed by atoms with Crippen molar-refractivity contribution in [3.05, 3.63) is 56.1 Å². The molecule has 2 aromatic rings. The lowest BCUT2D eigenvalue weighted by molar-refractivity contribution is 0.856. The summed E-state index contributed by atoms with van der Waals surface area (Å²) in [5.74, 6) is 0. The standard InChI is InChI=1S/C7H9NO.C6H8S.C2H6/c1-6-3-4-8(2)7(9)5-6;1-5-3-6(2)7-4-5;1-2/h3-5H,1-2H3;3-4H,1-2H3;1-2H3. The van der Waals surface area contributed by atoms with Crippen LogP contribution in [0, 0.1) is 20.8 Å². The molecule has 0 fully saturated rings. The maximum atomic E-state index is 10.8. The highest BCUT2D eigenvalue weighted by molar-refractivity contribution is 7.10. The van der Waals surface area contributed by atoms with Crippen LogP contribution in [-0.2, 0) is 7.05 Å². The van der Waals surface area contributed by atoms with E-state index in [0.29, 0.717) is 0 Å². The van der Waals surface area contributed by atoms with Gasteiger partial charge in [0, 0.05) is 24.2 Å². The van der Waals surface area contributed by atoms with Crippen LogP contribution in [0.5, 0.6) is 0 Å². The number of hydrogen-bond donors (Lipinski definition) is 0. The van der Waals surface area contributed by atoms with Crippen LogP contribution in [-0.4, -0.2) is 4.57 Å². The Kier molecular flexibility index (Phi) is 8.05. The largest absolute Gasteiger partial charge is 0.319 e. The first-order valence-electron chi connectivity index (χ1n) is 6.14. The van der Waals surface area contributed by atoms with Crippen molar-refractivity contribution in [1.82, 2.24) is 4.57 Å². The molecule has 2 rings (SSSR count). The van der Waals surface area contributed by atoms with Crippen LogP contribution in [0.3, 0.4) is 0 Å². The van der Waals surface area contributed by atoms with E-state index >= 15 is 0 Å². The molecule has 0 spiro atoms. The molecule has 0 aliphatic heterocycles. The smallest absolute Gasteiger partial charge is 0.250 e. The average molecular weight is 265 g/mol. The topological polar surface area (TPSA) is 22.0 Å². The Balaban J connectivity index is 0.000000289. The second-order valence-electron chi connectivity index (χ2n) is 3.89. The molecule has 0 amide bonds. The molecule has 3 heteroatoms. The highest BCUT2D eigenvalue weighted by Crippen LogP contribution is 2.10. The molecule has 0 unspecified atom stereocenters. The monoisotopic (exact) mass is 265 g/mol. The molecule has 0 N–H and O–H groups in total. The molecule has 0 atom stereocenters. The quantitative estimate of drug-likeness (QED) is 0.703. The SMILES string of the molecule is CC.Cc1ccn(C)c(=O)c1.Cc1csc(C)c1. The van der Waals surface area contributed by atoms with E-state index in [9.17, 15) is 4.79 Å². The number of rotatable bonds is 0. The summed E-state index contributed by atoms with van der Waals surface area (Å²) in [6.45, 7) is 10.1. The molecule has 0 bridgehead atoms. The highest BCUT2D eigenvalue weighted by atomic mass is 32.1. The number of nitrogens with zero attached hydrogens (tertiary/aromatic N) is 1. The first kappa shape index (κ1) is 16.6. The molecule has 18 heavy (non-hydrogen) atoms. The molecule has 0 saturated heterocycles. The van der Waals surface area contributed by atoms with Gasteiger partial charge in [-0.15, -0.1) is 11.3 Å². The summed E-state index contributed by atoms with van der Waals surface area (Å²) in [4.78, 5) is 12.2. The molecule has 0 saturated carbocycles. The molecule has 2 aromatic heterocycles. The van der Waals surface area contributed by atoms with Crippen molar-refractivity contribution in [2.75, 3.05) is 0 Å². The van der Waals surface area contributed by atoms with Gasteiger partial charge in [0.1, 0.15) is 0 Å². The maximum absolute atomic E-state index is 10.8. The molecule has 0 aliphatic rings. The van der Waals surface area contributed by atoms with Gasteiger partial charge in [0.15, 0.2) is 0 Å². The van der Waals surface area contributed by atoms with E-state index in [0.717, 1.165) is 5.56 Å². The zero-order valence-corrected chi connectivity index (χ0v) is 13.0. The van der Waals surface area contributed by atoms with Crippen molar-refractivity contribution in [1.29, 1.82) is 0 Å². The lowest BCUT2D eigenvalue weighted by atomic mass is 10.3. The Morgan fingerprint density at radius 1 is 1.06 bits per heavy atom. The van der Waals surface area contributed by atoms with Crippen LogP contribution >= 0.6 is 11.3 Å². The lowest BCUT2D eigenvalue weighted by Gasteiger charge is -1.94. The van der Waals surface area contributed by atoms with E-state index < -0.39 is 0 Å². The zero-order chi connectivity index (χ0) is 14.1. The Bertz CT molecular complexity index is 495. The summed E-state index contributed by atoms with van der Waals surface area (Å²) in [6.07, 6.45) is 1.76. The molecule has 0 aromatic carbocycles. The number of thiophene rings is 1. The van der Waals surface area contributed by atoms with Crippen molar-refractivity contribution in [2.45, 2.75) is 34.6 Å². The van der Waals surface area contributed by atoms with Crippen LogP contribution in [0.4, 0.5) is 0 Å². The zero-order valence-electron chi connectivity index (χ0n) is 12.2. The minimum atomic E-state index is 0.0509. The molecular formula is C15H23NOS. The van der Waals surface area contributed by atoms with Gasteiger partial charge in [-0.2, -0.15) is 0 Å². The van der Waals surface area contributed by atoms with Crippen LogP contribution in [0.2, 0.25) is 0 Å². The number of hydrogen-bond acceptors (Lipinski definition) is 2. The lowest BCUT2D eigenvalue weighted by Crippen LogP contribution is -2.13. The summed E-state index contributed by atoms with van der Waals surface area (Å²) in [5, 5.41) is 2.16. The van der Waals surface area contributed by atoms with Crippen LogP contribution in [0.1, 0.15) is 29.9 Å². The number of pyridine rings is 1. The van der Waals surface area contributed by atoms with E-state index in [-0.39, 0.29) is 5.56 Å². The molecule has 2 nitrogen and oxygen atoms in total. The first-order chi connectivity index (χ1) is 8.49. The Hall–Kier alpha value is -1.35. The fourth-order valence-corrected chi connectivity index (χ4v) is 1.92. The van der Waals surface area contributed by atoms with E-state index in [1.807, 2.05) is 26.8 Å². The van der Waals surface area contributed by atoms with E-state index in [4.69, 9.17) is 0 Å². The normalized spacial score (nSPS) is 8.78. The van der Waals surface area contributed by atoms with Crippen molar-refractivity contribution in [3.63, 3.8) is 0 Å². The van der Waals surface area contributed by atoms with Gasteiger partial charge in [-0.3, -0.25) is 4.79 Å². The van der Waals surface area contributed by atoms with Crippen molar-refractivity contribution < 1.29 is 0 Å². The van der Waals surface area contributed by atoms with E-state index in [2.05, 4.69) is 25.3 Å². The van der Waals surface area contributed by atoms with Crippen molar-refractivity contribution >= 4 is 11.3 Å². The third-order valence-electron chi connectivity index (χ3n) is 2.12. The van der Waals surface area contributed by atoms with Gasteiger partial charge in [0.25, 0.3) is 5.56 Å². The second kappa shape index (κ2) is 8.70. The summed E-state index contributed by atoms with van der Waals surface area (Å²) in [6, 6.07) is 5.70. The van der Waals surface area contributed by atoms with Gasteiger partial charge in [-0.25, -0.2) is 0 Å². The van der Waals surface area contributed by atoms with Gasteiger partial charge in [-0.1, -0.05) is 13.8 Å². The average Bonchev–Trinajstić information content (AvgIpc) is 2.72.